The Morgan fingerprint density at radius 1 is 1.07 bits per heavy atom. The van der Waals surface area contributed by atoms with Gasteiger partial charge < -0.3 is 20.6 Å². The zero-order valence-corrected chi connectivity index (χ0v) is 24.0. The minimum Gasteiger partial charge on any atom is -0.390 e. The lowest BCUT2D eigenvalue weighted by Crippen LogP contribution is -2.52. The van der Waals surface area contributed by atoms with E-state index in [2.05, 4.69) is 47.6 Å². The van der Waals surface area contributed by atoms with Gasteiger partial charge in [-0.15, -0.1) is 5.10 Å². The first-order valence-electron chi connectivity index (χ1n) is 14.4. The van der Waals surface area contributed by atoms with Gasteiger partial charge in [-0.05, 0) is 62.8 Å². The minimum absolute atomic E-state index is 0.0279. The van der Waals surface area contributed by atoms with E-state index in [0.717, 1.165) is 56.6 Å². The Morgan fingerprint density at radius 3 is 2.62 bits per heavy atom. The molecule has 0 amide bonds. The summed E-state index contributed by atoms with van der Waals surface area (Å²) in [7, 11) is -3.21. The number of piperidine rings is 1. The number of fused-ring (bicyclic) bond motifs is 2. The molecule has 4 fully saturated rings. The number of benzene rings is 1. The van der Waals surface area contributed by atoms with Crippen molar-refractivity contribution in [2.24, 2.45) is 5.92 Å². The average molecular weight is 589 g/mol. The average Bonchev–Trinajstić information content (AvgIpc) is 3.41. The molecule has 2 aromatic heterocycles. The predicted octanol–water partition coefficient (Wildman–Crippen LogP) is 1.55. The van der Waals surface area contributed by atoms with E-state index >= 15 is 0 Å². The van der Waals surface area contributed by atoms with Crippen LogP contribution in [0.2, 0.25) is 0 Å². The van der Waals surface area contributed by atoms with E-state index in [1.54, 1.807) is 6.07 Å². The molecule has 1 saturated carbocycles. The first kappa shape index (κ1) is 26.9. The van der Waals surface area contributed by atoms with Gasteiger partial charge in [0.05, 0.1) is 41.5 Å². The Balaban J connectivity index is 1.15. The van der Waals surface area contributed by atoms with Gasteiger partial charge in [-0.2, -0.15) is 20.0 Å². The normalized spacial score (nSPS) is 27.0. The number of aromatic nitrogens is 4. The van der Waals surface area contributed by atoms with Crippen molar-refractivity contribution in [2.75, 3.05) is 46.7 Å². The summed E-state index contributed by atoms with van der Waals surface area (Å²) < 4.78 is 25.8. The fraction of sp³-hybridized carbons (Fsp3) is 0.536. The second kappa shape index (κ2) is 10.1. The van der Waals surface area contributed by atoms with Crippen LogP contribution in [-0.4, -0.2) is 93.4 Å². The first-order valence-corrected chi connectivity index (χ1v) is 16.2. The zero-order valence-electron chi connectivity index (χ0n) is 23.2. The Labute approximate surface area is 243 Å². The number of hydrogen-bond donors (Lipinski definition) is 3. The fourth-order valence-corrected chi connectivity index (χ4v) is 8.66. The second-order valence-electron chi connectivity index (χ2n) is 11.9. The lowest BCUT2D eigenvalue weighted by atomic mass is 9.91. The molecule has 3 aliphatic heterocycles. The highest BCUT2D eigenvalue weighted by atomic mass is 32.2. The molecule has 5 heterocycles. The summed E-state index contributed by atoms with van der Waals surface area (Å²) in [5.74, 6) is 1.06. The van der Waals surface area contributed by atoms with Crippen molar-refractivity contribution >= 4 is 38.6 Å². The summed E-state index contributed by atoms with van der Waals surface area (Å²) in [4.78, 5) is 13.6. The second-order valence-corrected chi connectivity index (χ2v) is 14.1. The smallest absolute Gasteiger partial charge is 0.247 e. The van der Waals surface area contributed by atoms with Crippen LogP contribution in [0.25, 0.3) is 5.65 Å². The molecule has 0 bridgehead atoms. The monoisotopic (exact) mass is 588 g/mol. The third-order valence-corrected chi connectivity index (χ3v) is 10.8. The number of nitriles is 2. The Kier molecular flexibility index (Phi) is 6.46. The number of aliphatic hydroxyl groups excluding tert-OH is 1. The first-order chi connectivity index (χ1) is 20.2. The molecule has 3 saturated heterocycles. The quantitative estimate of drug-likeness (QED) is 0.379. The minimum atomic E-state index is -3.21. The number of anilines is 4. The fourth-order valence-electron chi connectivity index (χ4n) is 6.85. The van der Waals surface area contributed by atoms with Gasteiger partial charge in [-0.3, -0.25) is 4.90 Å². The summed E-state index contributed by atoms with van der Waals surface area (Å²) in [6.07, 6.45) is 4.53. The van der Waals surface area contributed by atoms with Crippen LogP contribution < -0.4 is 15.5 Å². The third kappa shape index (κ3) is 4.79. The summed E-state index contributed by atoms with van der Waals surface area (Å²) >= 11 is 0. The van der Waals surface area contributed by atoms with Gasteiger partial charge in [0.25, 0.3) is 0 Å². The van der Waals surface area contributed by atoms with Crippen molar-refractivity contribution in [1.29, 1.82) is 10.5 Å². The van der Waals surface area contributed by atoms with Gasteiger partial charge in [-0.1, -0.05) is 0 Å². The van der Waals surface area contributed by atoms with Gasteiger partial charge in [0.2, 0.25) is 5.95 Å². The van der Waals surface area contributed by atoms with Crippen LogP contribution in [0, 0.1) is 35.5 Å². The highest BCUT2D eigenvalue weighted by Crippen LogP contribution is 2.39. The van der Waals surface area contributed by atoms with E-state index in [1.807, 2.05) is 13.0 Å². The van der Waals surface area contributed by atoms with E-state index in [4.69, 9.17) is 0 Å². The Hall–Kier alpha value is -3.98. The molecule has 3 aromatic rings. The van der Waals surface area contributed by atoms with Crippen molar-refractivity contribution in [3.63, 3.8) is 0 Å². The maximum Gasteiger partial charge on any atom is 0.247 e. The molecule has 218 valence electrons. The lowest BCUT2D eigenvalue weighted by molar-refractivity contribution is 0.0631. The summed E-state index contributed by atoms with van der Waals surface area (Å²) in [6.45, 7) is 4.32. The van der Waals surface area contributed by atoms with Gasteiger partial charge >= 0.3 is 0 Å². The van der Waals surface area contributed by atoms with Crippen LogP contribution >= 0.6 is 0 Å². The molecule has 42 heavy (non-hydrogen) atoms. The molecule has 0 unspecified atom stereocenters. The standard InChI is InChI=1S/C28H32N10O3S/c1-16-21(33-28-34-26(32-19-2-3-19)27-31-12-20(11-30)38(27)35-28)8-17(10-29)9-23(16)36-6-5-22-18(13-36)4-7-37(22)24-14-42(40,41)15-25(24)39/h8-9,12,18-19,22,24-25,39H,2-7,13-15H2,1H3,(H2,32,33,34,35)/t18-,22+,24+,25+/m1/s1. The number of aliphatic hydroxyl groups is 1. The topological polar surface area (TPSA) is 176 Å². The van der Waals surface area contributed by atoms with Gasteiger partial charge in [-0.25, -0.2) is 13.4 Å². The van der Waals surface area contributed by atoms with Crippen LogP contribution in [0.5, 0.6) is 0 Å². The summed E-state index contributed by atoms with van der Waals surface area (Å²) in [6, 6.07) is 8.32. The summed E-state index contributed by atoms with van der Waals surface area (Å²) in [5.41, 5.74) is 3.90. The van der Waals surface area contributed by atoms with Crippen LogP contribution in [-0.2, 0) is 9.84 Å². The van der Waals surface area contributed by atoms with E-state index < -0.39 is 15.9 Å². The molecule has 4 atom stereocenters. The largest absolute Gasteiger partial charge is 0.390 e. The van der Waals surface area contributed by atoms with Crippen LogP contribution in [0.3, 0.4) is 0 Å². The molecule has 7 rings (SSSR count). The molecular weight excluding hydrogens is 556 g/mol. The molecule has 1 aromatic carbocycles. The Morgan fingerprint density at radius 2 is 1.90 bits per heavy atom. The predicted molar refractivity (Wildman–Crippen MR) is 155 cm³/mol. The van der Waals surface area contributed by atoms with E-state index in [-0.39, 0.29) is 23.6 Å². The number of sulfone groups is 1. The van der Waals surface area contributed by atoms with Crippen LogP contribution in [0.15, 0.2) is 18.3 Å². The van der Waals surface area contributed by atoms with Gasteiger partial charge in [0.1, 0.15) is 6.07 Å². The van der Waals surface area contributed by atoms with Crippen molar-refractivity contribution in [3.8, 4) is 12.1 Å². The van der Waals surface area contributed by atoms with Crippen molar-refractivity contribution < 1.29 is 13.5 Å². The van der Waals surface area contributed by atoms with Crippen molar-refractivity contribution in [3.05, 3.63) is 35.2 Å². The zero-order chi connectivity index (χ0) is 29.2. The number of rotatable bonds is 6. The molecular formula is C28H32N10O3S. The number of imidazole rings is 1. The van der Waals surface area contributed by atoms with Gasteiger partial charge in [0.15, 0.2) is 27.0 Å². The highest BCUT2D eigenvalue weighted by Gasteiger charge is 2.47. The number of nitrogens with zero attached hydrogens (tertiary/aromatic N) is 8. The number of nitrogens with one attached hydrogen (secondary N) is 2. The number of likely N-dealkylation sites (tertiary alicyclic amines) is 1. The lowest BCUT2D eigenvalue weighted by Gasteiger charge is -2.41. The maximum atomic E-state index is 12.2. The third-order valence-electron chi connectivity index (χ3n) is 9.09. The molecule has 3 N–H and O–H groups in total. The molecule has 1 aliphatic carbocycles. The van der Waals surface area contributed by atoms with E-state index in [9.17, 15) is 24.0 Å². The van der Waals surface area contributed by atoms with Crippen molar-refractivity contribution in [1.82, 2.24) is 24.5 Å². The van der Waals surface area contributed by atoms with Crippen LogP contribution in [0.4, 0.5) is 23.1 Å². The van der Waals surface area contributed by atoms with E-state index in [1.165, 1.54) is 10.7 Å². The SMILES string of the molecule is Cc1c(Nc2nc(NC3CC3)c3ncc(C#N)n3n2)cc(C#N)cc1N1CC[C@H]2[C@H](CCN2[C@H]2CS(=O)(=O)C[C@@H]2O)C1. The molecule has 13 nitrogen and oxygen atoms in total. The molecule has 0 spiro atoms. The molecule has 4 aliphatic rings. The van der Waals surface area contributed by atoms with Crippen molar-refractivity contribution in [2.45, 2.75) is 56.8 Å². The number of hydrogen-bond acceptors (Lipinski definition) is 12. The van der Waals surface area contributed by atoms with Gasteiger partial charge in [0, 0.05) is 36.5 Å². The summed E-state index contributed by atoms with van der Waals surface area (Å²) in [5, 5.41) is 41.2. The molecule has 0 radical (unpaired) electrons. The maximum absolute atomic E-state index is 12.2. The highest BCUT2D eigenvalue weighted by molar-refractivity contribution is 7.91. The molecule has 14 heteroatoms. The van der Waals surface area contributed by atoms with Crippen LogP contribution in [0.1, 0.15) is 42.5 Å². The van der Waals surface area contributed by atoms with E-state index in [0.29, 0.717) is 46.3 Å². The Bertz CT molecular complexity index is 1760.